The maximum absolute atomic E-state index is 6.17. The maximum Gasteiger partial charge on any atom is 0.143 e. The molecule has 1 aliphatic heterocycles. The van der Waals surface area contributed by atoms with E-state index < -0.39 is 0 Å². The van der Waals surface area contributed by atoms with Gasteiger partial charge in [0.25, 0.3) is 0 Å². The highest BCUT2D eigenvalue weighted by molar-refractivity contribution is 6.35. The number of anilines is 1. The van der Waals surface area contributed by atoms with E-state index in [0.29, 0.717) is 27.4 Å². The summed E-state index contributed by atoms with van der Waals surface area (Å²) in [6.07, 6.45) is 4.15. The number of aromatic nitrogens is 1. The van der Waals surface area contributed by atoms with E-state index >= 15 is 0 Å². The number of nitrogens with one attached hydrogen (secondary N) is 1. The number of fused-ring (bicyclic) bond motifs is 1. The number of hydrogen-bond donors (Lipinski definition) is 1. The van der Waals surface area contributed by atoms with Crippen molar-refractivity contribution in [1.82, 2.24) is 4.98 Å². The van der Waals surface area contributed by atoms with Gasteiger partial charge in [0, 0.05) is 23.2 Å². The van der Waals surface area contributed by atoms with E-state index in [4.69, 9.17) is 39.5 Å². The van der Waals surface area contributed by atoms with Gasteiger partial charge in [-0.3, -0.25) is 4.98 Å². The van der Waals surface area contributed by atoms with Crippen LogP contribution in [-0.2, 0) is 0 Å². The van der Waals surface area contributed by atoms with Crippen molar-refractivity contribution in [2.45, 2.75) is 12.5 Å². The van der Waals surface area contributed by atoms with Crippen molar-refractivity contribution in [3.05, 3.63) is 51.2 Å². The second-order valence-corrected chi connectivity index (χ2v) is 5.75. The molecule has 1 aromatic carbocycles. The molecule has 3 nitrogen and oxygen atoms in total. The summed E-state index contributed by atoms with van der Waals surface area (Å²) in [6, 6.07) is 5.33. The first-order valence-corrected chi connectivity index (χ1v) is 7.26. The van der Waals surface area contributed by atoms with Crippen LogP contribution in [0.2, 0.25) is 15.1 Å². The molecule has 104 valence electrons. The molecule has 1 aliphatic rings. The van der Waals surface area contributed by atoms with Crippen molar-refractivity contribution in [3.63, 3.8) is 0 Å². The van der Waals surface area contributed by atoms with Crippen LogP contribution in [0.25, 0.3) is 0 Å². The van der Waals surface area contributed by atoms with Crippen molar-refractivity contribution in [3.8, 4) is 5.75 Å². The van der Waals surface area contributed by atoms with Crippen LogP contribution < -0.4 is 10.1 Å². The number of benzene rings is 1. The smallest absolute Gasteiger partial charge is 0.143 e. The molecule has 0 amide bonds. The lowest BCUT2D eigenvalue weighted by Crippen LogP contribution is -2.21. The van der Waals surface area contributed by atoms with Gasteiger partial charge in [0.15, 0.2) is 0 Å². The summed E-state index contributed by atoms with van der Waals surface area (Å²) in [5.41, 5.74) is 1.72. The topological polar surface area (TPSA) is 34.2 Å². The Morgan fingerprint density at radius 3 is 2.85 bits per heavy atom. The molecule has 0 saturated carbocycles. The third-order valence-corrected chi connectivity index (χ3v) is 3.99. The van der Waals surface area contributed by atoms with Gasteiger partial charge >= 0.3 is 0 Å². The summed E-state index contributed by atoms with van der Waals surface area (Å²) < 4.78 is 5.63. The van der Waals surface area contributed by atoms with Gasteiger partial charge in [-0.1, -0.05) is 34.8 Å². The van der Waals surface area contributed by atoms with Crippen molar-refractivity contribution < 1.29 is 4.74 Å². The Morgan fingerprint density at radius 2 is 2.05 bits per heavy atom. The molecule has 2 aromatic rings. The average Bonchev–Trinajstić information content (AvgIpc) is 2.42. The Labute approximate surface area is 131 Å². The monoisotopic (exact) mass is 328 g/mol. The molecule has 6 heteroatoms. The SMILES string of the molecule is Clc1cc(Cl)c2c(c1)C(Nc1cnccc1Cl)CCO2. The van der Waals surface area contributed by atoms with E-state index in [-0.39, 0.29) is 6.04 Å². The molecule has 1 unspecified atom stereocenters. The van der Waals surface area contributed by atoms with Gasteiger partial charge in [-0.2, -0.15) is 0 Å². The first kappa shape index (κ1) is 13.8. The molecule has 3 rings (SSSR count). The molecule has 0 saturated heterocycles. The minimum absolute atomic E-state index is 0.0386. The number of nitrogens with zero attached hydrogens (tertiary/aromatic N) is 1. The number of ether oxygens (including phenoxy) is 1. The van der Waals surface area contributed by atoms with Gasteiger partial charge in [-0.05, 0) is 18.2 Å². The zero-order chi connectivity index (χ0) is 14.1. The fourth-order valence-electron chi connectivity index (χ4n) is 2.25. The minimum Gasteiger partial charge on any atom is -0.492 e. The number of hydrogen-bond acceptors (Lipinski definition) is 3. The number of rotatable bonds is 2. The molecule has 0 fully saturated rings. The molecule has 0 bridgehead atoms. The summed E-state index contributed by atoms with van der Waals surface area (Å²) in [5, 5.41) is 5.10. The Kier molecular flexibility index (Phi) is 3.92. The van der Waals surface area contributed by atoms with Crippen molar-refractivity contribution >= 4 is 40.5 Å². The lowest BCUT2D eigenvalue weighted by molar-refractivity contribution is 0.274. The highest BCUT2D eigenvalue weighted by Crippen LogP contribution is 2.41. The summed E-state index contributed by atoms with van der Waals surface area (Å²) in [5.74, 6) is 0.680. The number of halogens is 3. The van der Waals surface area contributed by atoms with E-state index in [1.54, 1.807) is 24.5 Å². The molecule has 0 aliphatic carbocycles. The molecule has 20 heavy (non-hydrogen) atoms. The van der Waals surface area contributed by atoms with Crippen molar-refractivity contribution in [1.29, 1.82) is 0 Å². The third kappa shape index (κ3) is 2.66. The van der Waals surface area contributed by atoms with Crippen LogP contribution in [0.1, 0.15) is 18.0 Å². The van der Waals surface area contributed by atoms with Crippen LogP contribution in [0, 0.1) is 0 Å². The van der Waals surface area contributed by atoms with Crippen LogP contribution in [0.15, 0.2) is 30.6 Å². The van der Waals surface area contributed by atoms with E-state index in [2.05, 4.69) is 10.3 Å². The first-order valence-electron chi connectivity index (χ1n) is 6.13. The van der Waals surface area contributed by atoms with E-state index in [1.807, 2.05) is 6.07 Å². The van der Waals surface area contributed by atoms with Crippen molar-refractivity contribution in [2.75, 3.05) is 11.9 Å². The Hall–Kier alpha value is -1.16. The third-order valence-electron chi connectivity index (χ3n) is 3.16. The average molecular weight is 330 g/mol. The highest BCUT2D eigenvalue weighted by atomic mass is 35.5. The fraction of sp³-hybridized carbons (Fsp3) is 0.214. The standard InChI is InChI=1S/C14H11Cl3N2O/c15-8-5-9-12(2-4-20-14(9)11(17)6-8)19-13-7-18-3-1-10(13)16/h1,3,5-7,12,19H,2,4H2. The zero-order valence-electron chi connectivity index (χ0n) is 10.4. The van der Waals surface area contributed by atoms with Gasteiger partial charge in [0.05, 0.1) is 34.6 Å². The van der Waals surface area contributed by atoms with E-state index in [1.165, 1.54) is 0 Å². The van der Waals surface area contributed by atoms with Crippen LogP contribution in [0.5, 0.6) is 5.75 Å². The number of pyridine rings is 1. The molecule has 1 aromatic heterocycles. The van der Waals surface area contributed by atoms with Gasteiger partial charge < -0.3 is 10.1 Å². The normalized spacial score (nSPS) is 17.2. The first-order chi connectivity index (χ1) is 9.65. The quantitative estimate of drug-likeness (QED) is 0.844. The van der Waals surface area contributed by atoms with Crippen LogP contribution in [0.4, 0.5) is 5.69 Å². The van der Waals surface area contributed by atoms with Crippen LogP contribution in [0.3, 0.4) is 0 Å². The summed E-state index contributed by atoms with van der Waals surface area (Å²) in [4.78, 5) is 4.07. The lowest BCUT2D eigenvalue weighted by Gasteiger charge is -2.28. The van der Waals surface area contributed by atoms with Gasteiger partial charge in [0.2, 0.25) is 0 Å². The molecule has 1 N–H and O–H groups in total. The second kappa shape index (κ2) is 5.68. The Bertz CT molecular complexity index is 648. The molecule has 0 radical (unpaired) electrons. The second-order valence-electron chi connectivity index (χ2n) is 4.50. The van der Waals surface area contributed by atoms with Crippen LogP contribution in [-0.4, -0.2) is 11.6 Å². The molecule has 0 spiro atoms. The summed E-state index contributed by atoms with van der Waals surface area (Å²) >= 11 is 18.4. The Balaban J connectivity index is 1.96. The molecular weight excluding hydrogens is 319 g/mol. The maximum atomic E-state index is 6.17. The summed E-state index contributed by atoms with van der Waals surface area (Å²) in [6.45, 7) is 0.587. The van der Waals surface area contributed by atoms with E-state index in [9.17, 15) is 0 Å². The largest absolute Gasteiger partial charge is 0.492 e. The zero-order valence-corrected chi connectivity index (χ0v) is 12.6. The fourth-order valence-corrected chi connectivity index (χ4v) is 2.97. The van der Waals surface area contributed by atoms with Gasteiger partial charge in [0.1, 0.15) is 5.75 Å². The molecule has 2 heterocycles. The molecule has 1 atom stereocenters. The van der Waals surface area contributed by atoms with E-state index in [0.717, 1.165) is 17.7 Å². The van der Waals surface area contributed by atoms with Crippen molar-refractivity contribution in [2.24, 2.45) is 0 Å². The minimum atomic E-state index is 0.0386. The highest BCUT2D eigenvalue weighted by Gasteiger charge is 2.24. The van der Waals surface area contributed by atoms with Crippen LogP contribution >= 0.6 is 34.8 Å². The van der Waals surface area contributed by atoms with Gasteiger partial charge in [-0.15, -0.1) is 0 Å². The predicted molar refractivity (Wildman–Crippen MR) is 82.2 cm³/mol. The Morgan fingerprint density at radius 1 is 1.20 bits per heavy atom. The predicted octanol–water partition coefficient (Wildman–Crippen LogP) is 4.98. The lowest BCUT2D eigenvalue weighted by atomic mass is 10.0. The van der Waals surface area contributed by atoms with Gasteiger partial charge in [-0.25, -0.2) is 0 Å². The summed E-state index contributed by atoms with van der Waals surface area (Å²) in [7, 11) is 0. The molecular formula is C14H11Cl3N2O.